The first-order valence-electron chi connectivity index (χ1n) is 9.31. The van der Waals surface area contributed by atoms with E-state index in [0.29, 0.717) is 17.4 Å². The molecule has 140 valence electrons. The second kappa shape index (κ2) is 7.08. The summed E-state index contributed by atoms with van der Waals surface area (Å²) in [5.74, 6) is 0.409. The van der Waals surface area contributed by atoms with Crippen molar-refractivity contribution in [2.45, 2.75) is 25.3 Å². The molecule has 1 aliphatic carbocycles. The second-order valence-corrected chi connectivity index (χ2v) is 7.36. The molecule has 1 atom stereocenters. The summed E-state index contributed by atoms with van der Waals surface area (Å²) >= 11 is 0. The fourth-order valence-corrected chi connectivity index (χ4v) is 3.95. The Balaban J connectivity index is 1.64. The monoisotopic (exact) mass is 363 g/mol. The Hall–Kier alpha value is -2.79. The third kappa shape index (κ3) is 3.30. The van der Waals surface area contributed by atoms with Gasteiger partial charge in [0.1, 0.15) is 5.75 Å². The average Bonchev–Trinajstić information content (AvgIpc) is 3.05. The number of aromatic amines is 1. The molecule has 0 spiro atoms. The van der Waals surface area contributed by atoms with E-state index in [9.17, 15) is 4.79 Å². The Kier molecular flexibility index (Phi) is 4.62. The number of amides is 1. The molecule has 0 aliphatic heterocycles. The second-order valence-electron chi connectivity index (χ2n) is 7.36. The van der Waals surface area contributed by atoms with E-state index in [4.69, 9.17) is 4.74 Å². The van der Waals surface area contributed by atoms with Crippen LogP contribution in [0.5, 0.6) is 5.75 Å². The molecule has 5 nitrogen and oxygen atoms in total. The number of H-pyrrole nitrogens is 1. The molecule has 27 heavy (non-hydrogen) atoms. The molecule has 2 N–H and O–H groups in total. The first-order valence-corrected chi connectivity index (χ1v) is 9.31. The molecule has 2 aromatic carbocycles. The smallest absolute Gasteiger partial charge is 0.259 e. The SMILES string of the molecule is COc1ccccc1C(=O)Nc1ccc2[nH]c3c(c2c1)CC(N(C)C)CC3. The summed E-state index contributed by atoms with van der Waals surface area (Å²) in [6, 6.07) is 13.9. The van der Waals surface area contributed by atoms with E-state index >= 15 is 0 Å². The lowest BCUT2D eigenvalue weighted by Crippen LogP contribution is -2.33. The fraction of sp³-hybridized carbons (Fsp3) is 0.318. The third-order valence-corrected chi connectivity index (χ3v) is 5.50. The Morgan fingerprint density at radius 1 is 1.22 bits per heavy atom. The van der Waals surface area contributed by atoms with Crippen LogP contribution >= 0.6 is 0 Å². The molecule has 0 saturated heterocycles. The minimum atomic E-state index is -0.164. The minimum absolute atomic E-state index is 0.164. The lowest BCUT2D eigenvalue weighted by Gasteiger charge is -2.28. The maximum absolute atomic E-state index is 12.7. The van der Waals surface area contributed by atoms with Crippen molar-refractivity contribution in [3.8, 4) is 5.75 Å². The van der Waals surface area contributed by atoms with Gasteiger partial charge in [0, 0.05) is 28.3 Å². The number of methoxy groups -OCH3 is 1. The van der Waals surface area contributed by atoms with Crippen molar-refractivity contribution in [3.05, 3.63) is 59.3 Å². The van der Waals surface area contributed by atoms with Crippen LogP contribution in [0.25, 0.3) is 10.9 Å². The highest BCUT2D eigenvalue weighted by molar-refractivity contribution is 6.07. The molecule has 0 fully saturated rings. The summed E-state index contributed by atoms with van der Waals surface area (Å²) in [6.07, 6.45) is 3.27. The van der Waals surface area contributed by atoms with Crippen molar-refractivity contribution in [1.82, 2.24) is 9.88 Å². The first kappa shape index (κ1) is 17.6. The van der Waals surface area contributed by atoms with E-state index < -0.39 is 0 Å². The van der Waals surface area contributed by atoms with Gasteiger partial charge in [0.05, 0.1) is 12.7 Å². The fourth-order valence-electron chi connectivity index (χ4n) is 3.95. The highest BCUT2D eigenvalue weighted by Crippen LogP contribution is 2.32. The quantitative estimate of drug-likeness (QED) is 0.740. The normalized spacial score (nSPS) is 16.4. The van der Waals surface area contributed by atoms with Gasteiger partial charge >= 0.3 is 0 Å². The first-order chi connectivity index (χ1) is 13.1. The summed E-state index contributed by atoms with van der Waals surface area (Å²) in [5.41, 5.74) is 5.17. The number of nitrogens with zero attached hydrogens (tertiary/aromatic N) is 1. The highest BCUT2D eigenvalue weighted by atomic mass is 16.5. The number of nitrogens with one attached hydrogen (secondary N) is 2. The number of ether oxygens (including phenoxy) is 1. The maximum atomic E-state index is 12.7. The summed E-state index contributed by atoms with van der Waals surface area (Å²) in [4.78, 5) is 18.5. The van der Waals surface area contributed by atoms with Crippen LogP contribution in [-0.4, -0.2) is 43.0 Å². The number of anilines is 1. The van der Waals surface area contributed by atoms with Crippen LogP contribution in [-0.2, 0) is 12.8 Å². The molecular weight excluding hydrogens is 338 g/mol. The van der Waals surface area contributed by atoms with Gasteiger partial charge in [-0.2, -0.15) is 0 Å². The zero-order valence-electron chi connectivity index (χ0n) is 16.0. The molecule has 1 unspecified atom stereocenters. The topological polar surface area (TPSA) is 57.4 Å². The molecular formula is C22H25N3O2. The van der Waals surface area contributed by atoms with Gasteiger partial charge in [-0.15, -0.1) is 0 Å². The summed E-state index contributed by atoms with van der Waals surface area (Å²) in [6.45, 7) is 0. The van der Waals surface area contributed by atoms with E-state index in [1.54, 1.807) is 19.2 Å². The van der Waals surface area contributed by atoms with Crippen molar-refractivity contribution >= 4 is 22.5 Å². The number of hydrogen-bond donors (Lipinski definition) is 2. The number of aryl methyl sites for hydroxylation is 1. The van der Waals surface area contributed by atoms with E-state index in [1.165, 1.54) is 23.1 Å². The zero-order valence-corrected chi connectivity index (χ0v) is 16.0. The van der Waals surface area contributed by atoms with Gasteiger partial charge in [-0.1, -0.05) is 12.1 Å². The largest absolute Gasteiger partial charge is 0.496 e. The maximum Gasteiger partial charge on any atom is 0.259 e. The Bertz CT molecular complexity index is 990. The van der Waals surface area contributed by atoms with Gasteiger partial charge in [-0.05, 0) is 69.3 Å². The van der Waals surface area contributed by atoms with Gasteiger partial charge in [-0.3, -0.25) is 4.79 Å². The molecule has 1 aromatic heterocycles. The number of carbonyl (C=O) groups excluding carboxylic acids is 1. The van der Waals surface area contributed by atoms with Crippen LogP contribution in [0.2, 0.25) is 0 Å². The molecule has 0 bridgehead atoms. The predicted molar refractivity (Wildman–Crippen MR) is 109 cm³/mol. The third-order valence-electron chi connectivity index (χ3n) is 5.50. The predicted octanol–water partition coefficient (Wildman–Crippen LogP) is 3.85. The highest BCUT2D eigenvalue weighted by Gasteiger charge is 2.24. The van der Waals surface area contributed by atoms with Crippen LogP contribution in [0, 0.1) is 0 Å². The van der Waals surface area contributed by atoms with Crippen molar-refractivity contribution < 1.29 is 9.53 Å². The van der Waals surface area contributed by atoms with E-state index in [1.807, 2.05) is 18.2 Å². The van der Waals surface area contributed by atoms with Crippen LogP contribution in [0.1, 0.15) is 28.0 Å². The van der Waals surface area contributed by atoms with Crippen molar-refractivity contribution in [1.29, 1.82) is 0 Å². The van der Waals surface area contributed by atoms with Crippen molar-refractivity contribution in [2.75, 3.05) is 26.5 Å². The zero-order chi connectivity index (χ0) is 19.0. The lowest BCUT2D eigenvalue weighted by molar-refractivity contribution is 0.102. The Morgan fingerprint density at radius 3 is 2.81 bits per heavy atom. The molecule has 0 radical (unpaired) electrons. The van der Waals surface area contributed by atoms with E-state index in [0.717, 1.165) is 24.0 Å². The number of benzene rings is 2. The van der Waals surface area contributed by atoms with Crippen molar-refractivity contribution in [3.63, 3.8) is 0 Å². The minimum Gasteiger partial charge on any atom is -0.496 e. The summed E-state index contributed by atoms with van der Waals surface area (Å²) in [7, 11) is 5.86. The summed E-state index contributed by atoms with van der Waals surface area (Å²) in [5, 5.41) is 4.22. The van der Waals surface area contributed by atoms with Crippen LogP contribution < -0.4 is 10.1 Å². The molecule has 4 rings (SSSR count). The van der Waals surface area contributed by atoms with Gasteiger partial charge in [-0.25, -0.2) is 0 Å². The number of aromatic nitrogens is 1. The van der Waals surface area contributed by atoms with E-state index in [2.05, 4.69) is 41.4 Å². The Morgan fingerprint density at radius 2 is 2.04 bits per heavy atom. The summed E-state index contributed by atoms with van der Waals surface area (Å²) < 4.78 is 5.30. The van der Waals surface area contributed by atoms with Crippen LogP contribution in [0.3, 0.4) is 0 Å². The number of carbonyl (C=O) groups is 1. The Labute approximate surface area is 159 Å². The lowest BCUT2D eigenvalue weighted by atomic mass is 9.91. The molecule has 0 saturated carbocycles. The van der Waals surface area contributed by atoms with E-state index in [-0.39, 0.29) is 5.91 Å². The molecule has 3 aromatic rings. The standard InChI is InChI=1S/C22H25N3O2/c1-25(2)15-9-11-20-18(13-15)17-12-14(8-10-19(17)24-20)23-22(26)16-6-4-5-7-21(16)27-3/h4-8,10,12,15,24H,9,11,13H2,1-3H3,(H,23,26). The average molecular weight is 363 g/mol. The number of para-hydroxylation sites is 1. The molecule has 1 amide bonds. The number of likely N-dealkylation sites (N-methyl/N-ethyl adjacent to an activating group) is 1. The van der Waals surface area contributed by atoms with Gasteiger partial charge in [0.2, 0.25) is 0 Å². The molecule has 1 heterocycles. The van der Waals surface area contributed by atoms with Crippen LogP contribution in [0.15, 0.2) is 42.5 Å². The molecule has 5 heteroatoms. The van der Waals surface area contributed by atoms with Crippen LogP contribution in [0.4, 0.5) is 5.69 Å². The van der Waals surface area contributed by atoms with Gasteiger partial charge in [0.15, 0.2) is 0 Å². The number of fused-ring (bicyclic) bond motifs is 3. The van der Waals surface area contributed by atoms with Gasteiger partial charge in [0.25, 0.3) is 5.91 Å². The molecule has 1 aliphatic rings. The number of hydrogen-bond acceptors (Lipinski definition) is 3. The van der Waals surface area contributed by atoms with Gasteiger partial charge < -0.3 is 19.9 Å². The number of rotatable bonds is 4. The van der Waals surface area contributed by atoms with Crippen molar-refractivity contribution in [2.24, 2.45) is 0 Å².